The average molecular weight is 730 g/mol. The van der Waals surface area contributed by atoms with Crippen molar-refractivity contribution in [1.82, 2.24) is 0 Å². The Kier molecular flexibility index (Phi) is 7.55. The number of nitrogens with zero attached hydrogens (tertiary/aromatic N) is 1. The maximum absolute atomic E-state index is 6.96. The van der Waals surface area contributed by atoms with Crippen LogP contribution in [0.5, 0.6) is 11.5 Å². The van der Waals surface area contributed by atoms with Crippen molar-refractivity contribution in [2.24, 2.45) is 0 Å². The summed E-state index contributed by atoms with van der Waals surface area (Å²) in [7, 11) is 0. The maximum Gasteiger partial charge on any atom is 0.137 e. The number of anilines is 3. The topological polar surface area (TPSA) is 12.5 Å². The van der Waals surface area contributed by atoms with Crippen molar-refractivity contribution in [3.63, 3.8) is 0 Å². The molecule has 0 N–H and O–H groups in total. The highest BCUT2D eigenvalue weighted by Crippen LogP contribution is 2.55. The van der Waals surface area contributed by atoms with Crippen LogP contribution in [-0.2, 0) is 5.41 Å². The molecular weight excluding hydrogens is 691 g/mol. The Morgan fingerprint density at radius 3 is 1.88 bits per heavy atom. The lowest BCUT2D eigenvalue weighted by atomic mass is 9.82. The zero-order valence-electron chi connectivity index (χ0n) is 31.9. The van der Waals surface area contributed by atoms with E-state index in [2.05, 4.69) is 219 Å². The molecule has 2 aliphatic rings. The Labute approximate surface area is 333 Å². The molecule has 0 radical (unpaired) electrons. The van der Waals surface area contributed by atoms with Crippen molar-refractivity contribution >= 4 is 27.8 Å². The van der Waals surface area contributed by atoms with E-state index < -0.39 is 0 Å². The van der Waals surface area contributed by atoms with E-state index in [4.69, 9.17) is 4.74 Å². The third-order valence-electron chi connectivity index (χ3n) is 12.1. The van der Waals surface area contributed by atoms with Gasteiger partial charge < -0.3 is 9.64 Å². The summed E-state index contributed by atoms with van der Waals surface area (Å²) in [5.74, 6) is 1.68. The van der Waals surface area contributed by atoms with Crippen LogP contribution in [0.4, 0.5) is 17.1 Å². The third kappa shape index (κ3) is 5.33. The van der Waals surface area contributed by atoms with Gasteiger partial charge in [-0.1, -0.05) is 166 Å². The molecule has 0 atom stereocenters. The van der Waals surface area contributed by atoms with Crippen LogP contribution in [0.1, 0.15) is 25.0 Å². The van der Waals surface area contributed by atoms with E-state index in [-0.39, 0.29) is 5.41 Å². The van der Waals surface area contributed by atoms with Gasteiger partial charge in [0.1, 0.15) is 11.5 Å². The van der Waals surface area contributed by atoms with Crippen LogP contribution < -0.4 is 9.64 Å². The van der Waals surface area contributed by atoms with Crippen molar-refractivity contribution in [2.45, 2.75) is 19.3 Å². The molecule has 0 amide bonds. The van der Waals surface area contributed by atoms with Gasteiger partial charge in [0.2, 0.25) is 0 Å². The van der Waals surface area contributed by atoms with Crippen molar-refractivity contribution in [3.05, 3.63) is 211 Å². The number of para-hydroxylation sites is 1. The normalized spacial score (nSPS) is 13.0. The molecule has 0 saturated heterocycles. The number of fused-ring (bicyclic) bond motifs is 9. The second-order valence-corrected chi connectivity index (χ2v) is 15.7. The first-order chi connectivity index (χ1) is 28.0. The largest absolute Gasteiger partial charge is 0.456 e. The second-order valence-electron chi connectivity index (χ2n) is 15.7. The van der Waals surface area contributed by atoms with E-state index in [9.17, 15) is 0 Å². The fourth-order valence-corrected chi connectivity index (χ4v) is 9.28. The highest BCUT2D eigenvalue weighted by Gasteiger charge is 2.36. The van der Waals surface area contributed by atoms with Crippen molar-refractivity contribution in [3.8, 4) is 67.1 Å². The average Bonchev–Trinajstić information content (AvgIpc) is 3.39. The Morgan fingerprint density at radius 1 is 0.386 bits per heavy atom. The lowest BCUT2D eigenvalue weighted by Gasteiger charge is -2.30. The first-order valence-corrected chi connectivity index (χ1v) is 19.8. The zero-order valence-corrected chi connectivity index (χ0v) is 31.9. The van der Waals surface area contributed by atoms with Crippen molar-refractivity contribution in [2.75, 3.05) is 4.90 Å². The van der Waals surface area contributed by atoms with Gasteiger partial charge in [-0.15, -0.1) is 0 Å². The molecule has 270 valence electrons. The number of hydrogen-bond acceptors (Lipinski definition) is 2. The van der Waals surface area contributed by atoms with Gasteiger partial charge in [-0.25, -0.2) is 0 Å². The van der Waals surface area contributed by atoms with Crippen LogP contribution in [0.2, 0.25) is 0 Å². The number of benzene rings is 9. The van der Waals surface area contributed by atoms with Crippen molar-refractivity contribution < 1.29 is 4.74 Å². The molecule has 0 spiro atoms. The zero-order chi connectivity index (χ0) is 38.1. The van der Waals surface area contributed by atoms with Gasteiger partial charge in [-0.05, 0) is 115 Å². The molecule has 2 nitrogen and oxygen atoms in total. The molecule has 57 heavy (non-hydrogen) atoms. The lowest BCUT2D eigenvalue weighted by molar-refractivity contribution is 0.488. The molecule has 9 aromatic rings. The summed E-state index contributed by atoms with van der Waals surface area (Å²) in [4.78, 5) is 2.43. The summed E-state index contributed by atoms with van der Waals surface area (Å²) in [6.45, 7) is 4.70. The molecule has 0 saturated carbocycles. The molecule has 0 unspecified atom stereocenters. The molecule has 11 rings (SSSR count). The Balaban J connectivity index is 1.17. The molecule has 0 bridgehead atoms. The minimum Gasteiger partial charge on any atom is -0.456 e. The monoisotopic (exact) mass is 729 g/mol. The van der Waals surface area contributed by atoms with E-state index in [1.807, 2.05) is 0 Å². The first kappa shape index (κ1) is 33.2. The smallest absolute Gasteiger partial charge is 0.137 e. The van der Waals surface area contributed by atoms with Gasteiger partial charge in [0, 0.05) is 27.9 Å². The molecule has 2 heteroatoms. The predicted octanol–water partition coefficient (Wildman–Crippen LogP) is 15.4. The van der Waals surface area contributed by atoms with Gasteiger partial charge in [0.15, 0.2) is 0 Å². The van der Waals surface area contributed by atoms with Crippen LogP contribution in [-0.4, -0.2) is 0 Å². The van der Waals surface area contributed by atoms with Gasteiger partial charge >= 0.3 is 0 Å². The quantitative estimate of drug-likeness (QED) is 0.175. The lowest BCUT2D eigenvalue weighted by Crippen LogP contribution is -2.17. The maximum atomic E-state index is 6.96. The molecule has 1 aliphatic heterocycles. The second kappa shape index (κ2) is 13.0. The fraction of sp³-hybridized carbons (Fsp3) is 0.0545. The predicted molar refractivity (Wildman–Crippen MR) is 238 cm³/mol. The summed E-state index contributed by atoms with van der Waals surface area (Å²) in [5.41, 5.74) is 17.6. The third-order valence-corrected chi connectivity index (χ3v) is 12.1. The standard InChI is InChI=1S/C55H39NO/c1-55(2)49-22-10-8-19-45(49)46-33-31-41(35-50(46)55)56(40-29-26-37(27-30-40)36-14-4-3-5-15-36)51-23-13-25-53-54(51)48-34-39(43-21-12-17-38-16-6-7-18-42(38)43)28-32-44(48)47-20-9-11-24-52(47)57-53/h3-35H,1-2H3. The molecule has 0 fully saturated rings. The SMILES string of the molecule is CC1(C)c2ccccc2-c2ccc(N(c3ccc(-c4ccccc4)cc3)c3cccc4c3-c3cc(-c5cccc6ccccc56)ccc3-c3ccccc3O4)cc21. The van der Waals surface area contributed by atoms with E-state index in [0.29, 0.717) is 0 Å². The number of rotatable bonds is 5. The molecule has 9 aromatic carbocycles. The van der Waals surface area contributed by atoms with Gasteiger partial charge in [0.25, 0.3) is 0 Å². The molecule has 1 aliphatic carbocycles. The Bertz CT molecular complexity index is 3010. The Hall–Kier alpha value is -7.16. The number of hydrogen-bond donors (Lipinski definition) is 0. The summed E-state index contributed by atoms with van der Waals surface area (Å²) in [5, 5.41) is 2.46. The van der Waals surface area contributed by atoms with E-state index in [1.54, 1.807) is 0 Å². The van der Waals surface area contributed by atoms with Gasteiger partial charge in [-0.3, -0.25) is 0 Å². The van der Waals surface area contributed by atoms with E-state index in [1.165, 1.54) is 55.3 Å². The van der Waals surface area contributed by atoms with E-state index in [0.717, 1.165) is 50.8 Å². The summed E-state index contributed by atoms with van der Waals surface area (Å²) in [6, 6.07) is 72.6. The Morgan fingerprint density at radius 2 is 1.00 bits per heavy atom. The van der Waals surface area contributed by atoms with Crippen LogP contribution in [0.3, 0.4) is 0 Å². The summed E-state index contributed by atoms with van der Waals surface area (Å²) in [6.07, 6.45) is 0. The van der Waals surface area contributed by atoms with Crippen molar-refractivity contribution in [1.29, 1.82) is 0 Å². The minimum atomic E-state index is -0.150. The fourth-order valence-electron chi connectivity index (χ4n) is 9.28. The number of ether oxygens (including phenoxy) is 1. The minimum absolute atomic E-state index is 0.150. The van der Waals surface area contributed by atoms with Crippen LogP contribution >= 0.6 is 0 Å². The summed E-state index contributed by atoms with van der Waals surface area (Å²) < 4.78 is 6.96. The highest BCUT2D eigenvalue weighted by atomic mass is 16.5. The van der Waals surface area contributed by atoms with E-state index >= 15 is 0 Å². The van der Waals surface area contributed by atoms with Crippen LogP contribution in [0.15, 0.2) is 200 Å². The van der Waals surface area contributed by atoms with Gasteiger partial charge in [-0.2, -0.15) is 0 Å². The van der Waals surface area contributed by atoms with Crippen LogP contribution in [0, 0.1) is 0 Å². The molecule has 1 heterocycles. The highest BCUT2D eigenvalue weighted by molar-refractivity contribution is 6.03. The summed E-state index contributed by atoms with van der Waals surface area (Å²) >= 11 is 0. The molecular formula is C55H39NO. The first-order valence-electron chi connectivity index (χ1n) is 19.8. The van der Waals surface area contributed by atoms with Crippen LogP contribution in [0.25, 0.3) is 66.4 Å². The van der Waals surface area contributed by atoms with Gasteiger partial charge in [0.05, 0.1) is 5.69 Å². The molecule has 0 aromatic heterocycles.